The lowest BCUT2D eigenvalue weighted by Gasteiger charge is -2.22. The lowest BCUT2D eigenvalue weighted by atomic mass is 9.85. The van der Waals surface area contributed by atoms with Crippen LogP contribution in [-0.4, -0.2) is 15.0 Å². The van der Waals surface area contributed by atoms with E-state index in [-0.39, 0.29) is 10.8 Å². The quantitative estimate of drug-likeness (QED) is 0.421. The summed E-state index contributed by atoms with van der Waals surface area (Å²) in [5, 5.41) is 1.24. The highest BCUT2D eigenvalue weighted by Gasteiger charge is 2.20. The predicted molar refractivity (Wildman–Crippen MR) is 124 cm³/mol. The summed E-state index contributed by atoms with van der Waals surface area (Å²) in [5.74, 6) is 0. The van der Waals surface area contributed by atoms with E-state index in [1.165, 1.54) is 0 Å². The van der Waals surface area contributed by atoms with Crippen molar-refractivity contribution in [1.29, 1.82) is 0 Å². The number of nitrogens with zero attached hydrogens (tertiary/aromatic N) is 2. The first-order valence-electron chi connectivity index (χ1n) is 9.92. The minimum absolute atomic E-state index is 0.0573. The van der Waals surface area contributed by atoms with Gasteiger partial charge in [0, 0.05) is 29.0 Å². The summed E-state index contributed by atoms with van der Waals surface area (Å²) in [6, 6.07) is 11.3. The van der Waals surface area contributed by atoms with Crippen LogP contribution in [0.4, 0.5) is 0 Å². The van der Waals surface area contributed by atoms with Crippen LogP contribution < -0.4 is 5.43 Å². The number of rotatable bonds is 2. The molecule has 0 amide bonds. The number of fused-ring (bicyclic) bond motifs is 1. The van der Waals surface area contributed by atoms with E-state index in [1.54, 1.807) is 18.5 Å². The molecule has 4 aromatic rings. The lowest BCUT2D eigenvalue weighted by Crippen LogP contribution is -2.12. The Morgan fingerprint density at radius 3 is 2.37 bits per heavy atom. The molecule has 0 fully saturated rings. The SMILES string of the molecule is Cc1cc(C(C)(C)C)c(Cl)cc1-c1cc(=O)c2c(-c3ncccc3C)nccc2[nH]1. The highest BCUT2D eigenvalue weighted by atomic mass is 35.5. The smallest absolute Gasteiger partial charge is 0.192 e. The zero-order valence-corrected chi connectivity index (χ0v) is 18.6. The van der Waals surface area contributed by atoms with Crippen molar-refractivity contribution in [2.75, 3.05) is 0 Å². The standard InChI is InChI=1S/C25H24ClN3O/c1-14-7-6-9-27-23(14)24-22-19(8-10-28-24)29-20(13-21(22)30)16-12-18(26)17(11-15(16)2)25(3,4)5/h6-13H,1-5H3,(H,29,30). The van der Waals surface area contributed by atoms with E-state index in [0.29, 0.717) is 16.1 Å². The van der Waals surface area contributed by atoms with Gasteiger partial charge in [0.2, 0.25) is 0 Å². The number of hydrogen-bond acceptors (Lipinski definition) is 3. The second-order valence-electron chi connectivity index (χ2n) is 8.70. The van der Waals surface area contributed by atoms with Crippen molar-refractivity contribution in [1.82, 2.24) is 15.0 Å². The number of aryl methyl sites for hydroxylation is 2. The molecule has 4 nitrogen and oxygen atoms in total. The first kappa shape index (κ1) is 20.3. The van der Waals surface area contributed by atoms with Crippen molar-refractivity contribution in [2.45, 2.75) is 40.0 Å². The molecule has 3 aromatic heterocycles. The van der Waals surface area contributed by atoms with Gasteiger partial charge in [-0.05, 0) is 54.2 Å². The van der Waals surface area contributed by atoms with Gasteiger partial charge in [-0.15, -0.1) is 0 Å². The summed E-state index contributed by atoms with van der Waals surface area (Å²) in [5.41, 5.74) is 6.66. The van der Waals surface area contributed by atoms with Crippen molar-refractivity contribution in [2.24, 2.45) is 0 Å². The molecule has 30 heavy (non-hydrogen) atoms. The van der Waals surface area contributed by atoms with Gasteiger partial charge in [-0.3, -0.25) is 14.8 Å². The van der Waals surface area contributed by atoms with Crippen LogP contribution in [0.2, 0.25) is 5.02 Å². The van der Waals surface area contributed by atoms with Gasteiger partial charge >= 0.3 is 0 Å². The maximum atomic E-state index is 13.2. The minimum atomic E-state index is -0.0951. The van der Waals surface area contributed by atoms with Crippen LogP contribution in [0.5, 0.6) is 0 Å². The summed E-state index contributed by atoms with van der Waals surface area (Å²) in [7, 11) is 0. The van der Waals surface area contributed by atoms with Gasteiger partial charge in [0.15, 0.2) is 5.43 Å². The third-order valence-electron chi connectivity index (χ3n) is 5.39. The molecule has 0 bridgehead atoms. The summed E-state index contributed by atoms with van der Waals surface area (Å²) in [6.07, 6.45) is 3.42. The number of aromatic amines is 1. The predicted octanol–water partition coefficient (Wildman–Crippen LogP) is 6.22. The van der Waals surface area contributed by atoms with Crippen molar-refractivity contribution < 1.29 is 0 Å². The monoisotopic (exact) mass is 417 g/mol. The van der Waals surface area contributed by atoms with E-state index >= 15 is 0 Å². The van der Waals surface area contributed by atoms with Crippen molar-refractivity contribution in [3.8, 4) is 22.6 Å². The lowest BCUT2D eigenvalue weighted by molar-refractivity contribution is 0.590. The molecule has 0 saturated carbocycles. The number of benzene rings is 1. The number of hydrogen-bond donors (Lipinski definition) is 1. The molecule has 5 heteroatoms. The van der Waals surface area contributed by atoms with E-state index in [9.17, 15) is 4.79 Å². The third-order valence-corrected chi connectivity index (χ3v) is 5.70. The Morgan fingerprint density at radius 1 is 0.933 bits per heavy atom. The highest BCUT2D eigenvalue weighted by molar-refractivity contribution is 6.31. The molecule has 4 rings (SSSR count). The normalized spacial score (nSPS) is 11.8. The molecule has 0 aliphatic carbocycles. The fourth-order valence-electron chi connectivity index (χ4n) is 3.80. The Kier molecular flexibility index (Phi) is 4.99. The largest absolute Gasteiger partial charge is 0.354 e. The van der Waals surface area contributed by atoms with E-state index in [2.05, 4.69) is 41.8 Å². The molecule has 3 heterocycles. The number of nitrogens with one attached hydrogen (secondary N) is 1. The zero-order valence-electron chi connectivity index (χ0n) is 17.8. The number of halogens is 1. The molecular weight excluding hydrogens is 394 g/mol. The number of H-pyrrole nitrogens is 1. The second-order valence-corrected chi connectivity index (χ2v) is 9.10. The van der Waals surface area contributed by atoms with Gasteiger partial charge in [0.1, 0.15) is 5.69 Å². The average molecular weight is 418 g/mol. The van der Waals surface area contributed by atoms with Crippen LogP contribution in [-0.2, 0) is 5.41 Å². The number of pyridine rings is 3. The first-order chi connectivity index (χ1) is 14.2. The summed E-state index contributed by atoms with van der Waals surface area (Å²) in [6.45, 7) is 10.4. The Bertz CT molecular complexity index is 1330. The molecule has 0 unspecified atom stereocenters. The van der Waals surface area contributed by atoms with Gasteiger partial charge in [-0.2, -0.15) is 0 Å². The fourth-order valence-corrected chi connectivity index (χ4v) is 4.25. The third kappa shape index (κ3) is 3.52. The Morgan fingerprint density at radius 2 is 1.67 bits per heavy atom. The molecule has 0 aliphatic rings. The summed E-state index contributed by atoms with van der Waals surface area (Å²) in [4.78, 5) is 25.5. The zero-order chi connectivity index (χ0) is 21.6. The van der Waals surface area contributed by atoms with Crippen LogP contribution >= 0.6 is 11.6 Å². The summed E-state index contributed by atoms with van der Waals surface area (Å²) < 4.78 is 0. The van der Waals surface area contributed by atoms with Crippen LogP contribution in [0.3, 0.4) is 0 Å². The molecule has 1 aromatic carbocycles. The van der Waals surface area contributed by atoms with Crippen LogP contribution in [0, 0.1) is 13.8 Å². The van der Waals surface area contributed by atoms with Crippen molar-refractivity contribution >= 4 is 22.5 Å². The molecule has 0 saturated heterocycles. The topological polar surface area (TPSA) is 58.6 Å². The van der Waals surface area contributed by atoms with Gasteiger partial charge in [0.05, 0.1) is 22.3 Å². The molecule has 0 radical (unpaired) electrons. The van der Waals surface area contributed by atoms with E-state index < -0.39 is 0 Å². The molecule has 0 spiro atoms. The molecular formula is C25H24ClN3O. The Labute approximate surface area is 181 Å². The molecule has 1 N–H and O–H groups in total. The Hall–Kier alpha value is -2.98. The van der Waals surface area contributed by atoms with Crippen LogP contribution in [0.25, 0.3) is 33.5 Å². The fraction of sp³-hybridized carbons (Fsp3) is 0.240. The van der Waals surface area contributed by atoms with Gasteiger partial charge in [0.25, 0.3) is 0 Å². The van der Waals surface area contributed by atoms with Crippen LogP contribution in [0.1, 0.15) is 37.5 Å². The molecule has 0 aliphatic heterocycles. The van der Waals surface area contributed by atoms with Crippen LogP contribution in [0.15, 0.2) is 53.6 Å². The maximum absolute atomic E-state index is 13.2. The average Bonchev–Trinajstić information content (AvgIpc) is 2.68. The maximum Gasteiger partial charge on any atom is 0.192 e. The van der Waals surface area contributed by atoms with Gasteiger partial charge < -0.3 is 4.98 Å². The van der Waals surface area contributed by atoms with E-state index in [4.69, 9.17) is 11.6 Å². The van der Waals surface area contributed by atoms with Gasteiger partial charge in [-0.1, -0.05) is 44.5 Å². The highest BCUT2D eigenvalue weighted by Crippen LogP contribution is 2.35. The van der Waals surface area contributed by atoms with E-state index in [0.717, 1.165) is 39.2 Å². The van der Waals surface area contributed by atoms with Crippen molar-refractivity contribution in [3.05, 3.63) is 80.7 Å². The van der Waals surface area contributed by atoms with Crippen molar-refractivity contribution in [3.63, 3.8) is 0 Å². The molecule has 0 atom stereocenters. The van der Waals surface area contributed by atoms with E-state index in [1.807, 2.05) is 38.1 Å². The Balaban J connectivity index is 1.94. The first-order valence-corrected chi connectivity index (χ1v) is 10.3. The second kappa shape index (κ2) is 7.37. The minimum Gasteiger partial charge on any atom is -0.354 e. The molecule has 152 valence electrons. The number of aromatic nitrogens is 3. The van der Waals surface area contributed by atoms with Gasteiger partial charge in [-0.25, -0.2) is 0 Å². The summed E-state index contributed by atoms with van der Waals surface area (Å²) >= 11 is 6.61.